The van der Waals surface area contributed by atoms with Gasteiger partial charge in [0.2, 0.25) is 5.91 Å². The smallest absolute Gasteiger partial charge is 0.407 e. The zero-order valence-corrected chi connectivity index (χ0v) is 19.0. The molecule has 0 radical (unpaired) electrons. The molecule has 2 amide bonds. The van der Waals surface area contributed by atoms with E-state index in [1.807, 2.05) is 24.3 Å². The summed E-state index contributed by atoms with van der Waals surface area (Å²) in [6.45, 7) is 2.64. The minimum Gasteiger partial charge on any atom is -0.481 e. The predicted molar refractivity (Wildman–Crippen MR) is 123 cm³/mol. The predicted octanol–water partition coefficient (Wildman–Crippen LogP) is 3.11. The SMILES string of the molecule is CC(CN(C)C(=O)CCOCCNC(=O)OCC1c2ccccc2-c2ccccc21)C(=O)O. The van der Waals surface area contributed by atoms with Crippen LogP contribution in [0.3, 0.4) is 0 Å². The van der Waals surface area contributed by atoms with Crippen molar-refractivity contribution in [3.63, 3.8) is 0 Å². The first-order valence-corrected chi connectivity index (χ1v) is 11.0. The van der Waals surface area contributed by atoms with E-state index < -0.39 is 18.0 Å². The lowest BCUT2D eigenvalue weighted by molar-refractivity contribution is -0.142. The van der Waals surface area contributed by atoms with Crippen molar-refractivity contribution in [3.05, 3.63) is 59.7 Å². The summed E-state index contributed by atoms with van der Waals surface area (Å²) in [5, 5.41) is 11.6. The van der Waals surface area contributed by atoms with Crippen LogP contribution < -0.4 is 5.32 Å². The third kappa shape index (κ3) is 6.32. The Hall–Kier alpha value is -3.39. The Kier molecular flexibility index (Phi) is 8.43. The number of aliphatic carboxylic acids is 1. The number of carboxylic acids is 1. The zero-order chi connectivity index (χ0) is 23.8. The Morgan fingerprint density at radius 1 is 1.03 bits per heavy atom. The first-order chi connectivity index (χ1) is 15.9. The summed E-state index contributed by atoms with van der Waals surface area (Å²) in [5.74, 6) is -1.75. The molecule has 33 heavy (non-hydrogen) atoms. The van der Waals surface area contributed by atoms with Gasteiger partial charge in [-0.25, -0.2) is 4.79 Å². The van der Waals surface area contributed by atoms with Gasteiger partial charge >= 0.3 is 12.1 Å². The van der Waals surface area contributed by atoms with Crippen molar-refractivity contribution in [3.8, 4) is 11.1 Å². The molecule has 8 heteroatoms. The minimum atomic E-state index is -0.940. The van der Waals surface area contributed by atoms with Crippen molar-refractivity contribution in [2.45, 2.75) is 19.3 Å². The molecule has 2 N–H and O–H groups in total. The molecule has 1 unspecified atom stereocenters. The van der Waals surface area contributed by atoms with Crippen LogP contribution in [0.2, 0.25) is 0 Å². The second-order valence-electron chi connectivity index (χ2n) is 8.13. The summed E-state index contributed by atoms with van der Waals surface area (Å²) < 4.78 is 10.9. The van der Waals surface area contributed by atoms with Crippen LogP contribution in [0.5, 0.6) is 0 Å². The van der Waals surface area contributed by atoms with Crippen LogP contribution in [0.25, 0.3) is 11.1 Å². The fraction of sp³-hybridized carbons (Fsp3) is 0.400. The van der Waals surface area contributed by atoms with Gasteiger partial charge in [-0.3, -0.25) is 9.59 Å². The summed E-state index contributed by atoms with van der Waals surface area (Å²) in [4.78, 5) is 36.4. The van der Waals surface area contributed by atoms with Gasteiger partial charge in [-0.1, -0.05) is 55.5 Å². The van der Waals surface area contributed by atoms with Crippen LogP contribution in [-0.2, 0) is 19.1 Å². The van der Waals surface area contributed by atoms with E-state index in [1.165, 1.54) is 16.0 Å². The number of nitrogens with zero attached hydrogens (tertiary/aromatic N) is 1. The van der Waals surface area contributed by atoms with E-state index in [9.17, 15) is 14.4 Å². The number of nitrogens with one attached hydrogen (secondary N) is 1. The lowest BCUT2D eigenvalue weighted by atomic mass is 9.98. The molecule has 1 atom stereocenters. The summed E-state index contributed by atoms with van der Waals surface area (Å²) in [5.41, 5.74) is 4.66. The van der Waals surface area contributed by atoms with Gasteiger partial charge in [-0.15, -0.1) is 0 Å². The highest BCUT2D eigenvalue weighted by Crippen LogP contribution is 2.44. The van der Waals surface area contributed by atoms with Crippen LogP contribution in [-0.4, -0.2) is 67.9 Å². The topological polar surface area (TPSA) is 105 Å². The number of rotatable bonds is 11. The quantitative estimate of drug-likeness (QED) is 0.506. The van der Waals surface area contributed by atoms with Crippen LogP contribution in [0, 0.1) is 5.92 Å². The molecule has 3 rings (SSSR count). The fourth-order valence-electron chi connectivity index (χ4n) is 3.92. The van der Waals surface area contributed by atoms with Crippen LogP contribution in [0.4, 0.5) is 4.79 Å². The Morgan fingerprint density at radius 2 is 1.64 bits per heavy atom. The molecule has 2 aromatic carbocycles. The van der Waals surface area contributed by atoms with Gasteiger partial charge in [0.25, 0.3) is 0 Å². The molecule has 8 nitrogen and oxygen atoms in total. The number of carbonyl (C=O) groups excluding carboxylic acids is 2. The number of hydrogen-bond donors (Lipinski definition) is 2. The molecule has 0 aromatic heterocycles. The molecular formula is C25H30N2O6. The Bertz CT molecular complexity index is 947. The van der Waals surface area contributed by atoms with Crippen molar-refractivity contribution in [1.82, 2.24) is 10.2 Å². The second kappa shape index (κ2) is 11.5. The maximum Gasteiger partial charge on any atom is 0.407 e. The first-order valence-electron chi connectivity index (χ1n) is 11.0. The van der Waals surface area contributed by atoms with E-state index >= 15 is 0 Å². The average Bonchev–Trinajstić information content (AvgIpc) is 3.13. The van der Waals surface area contributed by atoms with E-state index in [0.717, 1.165) is 11.1 Å². The average molecular weight is 455 g/mol. The van der Waals surface area contributed by atoms with Gasteiger partial charge in [0.15, 0.2) is 0 Å². The van der Waals surface area contributed by atoms with Crippen molar-refractivity contribution >= 4 is 18.0 Å². The largest absolute Gasteiger partial charge is 0.481 e. The highest BCUT2D eigenvalue weighted by atomic mass is 16.5. The van der Waals surface area contributed by atoms with Crippen molar-refractivity contribution in [2.24, 2.45) is 5.92 Å². The maximum absolute atomic E-state index is 12.1. The summed E-state index contributed by atoms with van der Waals surface area (Å²) in [6, 6.07) is 16.3. The third-order valence-electron chi connectivity index (χ3n) is 5.71. The Morgan fingerprint density at radius 3 is 2.24 bits per heavy atom. The van der Waals surface area contributed by atoms with E-state index in [2.05, 4.69) is 29.6 Å². The van der Waals surface area contributed by atoms with Crippen molar-refractivity contribution < 1.29 is 29.0 Å². The third-order valence-corrected chi connectivity index (χ3v) is 5.71. The van der Waals surface area contributed by atoms with E-state index in [4.69, 9.17) is 14.6 Å². The molecule has 1 aliphatic rings. The fourth-order valence-corrected chi connectivity index (χ4v) is 3.92. The number of hydrogen-bond acceptors (Lipinski definition) is 5. The molecule has 0 spiro atoms. The summed E-state index contributed by atoms with van der Waals surface area (Å²) >= 11 is 0. The molecule has 0 aliphatic heterocycles. The molecule has 1 aliphatic carbocycles. The van der Waals surface area contributed by atoms with Crippen LogP contribution in [0.15, 0.2) is 48.5 Å². The molecule has 0 saturated heterocycles. The van der Waals surface area contributed by atoms with Gasteiger partial charge in [0, 0.05) is 26.1 Å². The second-order valence-corrected chi connectivity index (χ2v) is 8.13. The standard InChI is InChI=1S/C25H30N2O6/c1-17(24(29)30)15-27(2)23(28)11-13-32-14-12-26-25(31)33-16-22-20-9-5-3-7-18(20)19-8-4-6-10-21(19)22/h3-10,17,22H,11-16H2,1-2H3,(H,26,31)(H,29,30). The number of benzene rings is 2. The molecule has 176 valence electrons. The molecule has 0 saturated carbocycles. The summed E-state index contributed by atoms with van der Waals surface area (Å²) in [6.07, 6.45) is -0.368. The van der Waals surface area contributed by atoms with Gasteiger partial charge in [-0.05, 0) is 22.3 Å². The number of alkyl carbamates (subject to hydrolysis) is 1. The molecule has 0 bridgehead atoms. The van der Waals surface area contributed by atoms with Gasteiger partial charge in [0.05, 0.1) is 25.6 Å². The highest BCUT2D eigenvalue weighted by Gasteiger charge is 2.28. The first kappa shape index (κ1) is 24.3. The van der Waals surface area contributed by atoms with Crippen LogP contribution in [0.1, 0.15) is 30.4 Å². The number of carbonyl (C=O) groups is 3. The van der Waals surface area contributed by atoms with Crippen LogP contribution >= 0.6 is 0 Å². The molecule has 0 fully saturated rings. The van der Waals surface area contributed by atoms with Crippen molar-refractivity contribution in [1.29, 1.82) is 0 Å². The normalized spacial score (nSPS) is 13.0. The molecular weight excluding hydrogens is 424 g/mol. The lowest BCUT2D eigenvalue weighted by Gasteiger charge is -2.19. The molecule has 0 heterocycles. The van der Waals surface area contributed by atoms with Gasteiger partial charge in [-0.2, -0.15) is 0 Å². The number of carboxylic acid groups (broad SMARTS) is 1. The number of fused-ring (bicyclic) bond motifs is 3. The number of amides is 2. The summed E-state index contributed by atoms with van der Waals surface area (Å²) in [7, 11) is 1.57. The molecule has 2 aromatic rings. The van der Waals surface area contributed by atoms with E-state index in [1.54, 1.807) is 14.0 Å². The number of ether oxygens (including phenoxy) is 2. The minimum absolute atomic E-state index is 0.00578. The monoisotopic (exact) mass is 454 g/mol. The maximum atomic E-state index is 12.1. The van der Waals surface area contributed by atoms with Crippen molar-refractivity contribution in [2.75, 3.05) is 40.0 Å². The lowest BCUT2D eigenvalue weighted by Crippen LogP contribution is -2.34. The van der Waals surface area contributed by atoms with E-state index in [0.29, 0.717) is 0 Å². The zero-order valence-electron chi connectivity index (χ0n) is 19.0. The van der Waals surface area contributed by atoms with Gasteiger partial charge < -0.3 is 24.8 Å². The highest BCUT2D eigenvalue weighted by molar-refractivity contribution is 5.79. The van der Waals surface area contributed by atoms with E-state index in [-0.39, 0.29) is 51.2 Å². The Labute approximate surface area is 193 Å². The van der Waals surface area contributed by atoms with Gasteiger partial charge in [0.1, 0.15) is 6.61 Å². The Balaban J connectivity index is 1.33.